The molecule has 1 aliphatic rings. The van der Waals surface area contributed by atoms with E-state index in [4.69, 9.17) is 0 Å². The van der Waals surface area contributed by atoms with Gasteiger partial charge in [-0.1, -0.05) is 6.92 Å². The summed E-state index contributed by atoms with van der Waals surface area (Å²) in [7, 11) is 2.12. The summed E-state index contributed by atoms with van der Waals surface area (Å²) in [4.78, 5) is 27.4. The van der Waals surface area contributed by atoms with Crippen LogP contribution in [0.2, 0.25) is 0 Å². The van der Waals surface area contributed by atoms with Crippen molar-refractivity contribution in [2.75, 3.05) is 26.7 Å². The molecule has 0 radical (unpaired) electrons. The van der Waals surface area contributed by atoms with Crippen LogP contribution in [0.15, 0.2) is 0 Å². The summed E-state index contributed by atoms with van der Waals surface area (Å²) in [5, 5.41) is 3.22. The van der Waals surface area contributed by atoms with Gasteiger partial charge in [-0.3, -0.25) is 14.5 Å². The fourth-order valence-corrected chi connectivity index (χ4v) is 2.32. The third kappa shape index (κ3) is 4.87. The lowest BCUT2D eigenvalue weighted by Crippen LogP contribution is -2.39. The van der Waals surface area contributed by atoms with Gasteiger partial charge in [-0.25, -0.2) is 0 Å². The van der Waals surface area contributed by atoms with E-state index in [2.05, 4.69) is 31.1 Å². The summed E-state index contributed by atoms with van der Waals surface area (Å²) in [6.45, 7) is 8.77. The topological polar surface area (TPSA) is 52.7 Å². The Kier molecular flexibility index (Phi) is 7.16. The highest BCUT2D eigenvalue weighted by molar-refractivity contribution is 6.05. The number of rotatable bonds is 9. The van der Waals surface area contributed by atoms with Crippen LogP contribution in [0.1, 0.15) is 46.5 Å². The number of hydrogen-bond acceptors (Lipinski definition) is 4. The molecule has 1 atom stereocenters. The second kappa shape index (κ2) is 8.37. The standard InChI is InChI=1S/C15H29N3O2/c1-5-9-18-14(19)11-13(15(18)20)16-8-6-7-10-17(4)12(2)3/h12-13,16H,5-11H2,1-4H3. The fraction of sp³-hybridized carbons (Fsp3) is 0.867. The highest BCUT2D eigenvalue weighted by atomic mass is 16.2. The number of amides is 2. The normalized spacial score (nSPS) is 19.7. The van der Waals surface area contributed by atoms with E-state index >= 15 is 0 Å². The lowest BCUT2D eigenvalue weighted by Gasteiger charge is -2.20. The molecule has 0 bridgehead atoms. The van der Waals surface area contributed by atoms with E-state index in [0.29, 0.717) is 19.0 Å². The summed E-state index contributed by atoms with van der Waals surface area (Å²) < 4.78 is 0. The molecule has 0 aromatic carbocycles. The van der Waals surface area contributed by atoms with Gasteiger partial charge in [-0.05, 0) is 53.2 Å². The molecule has 1 heterocycles. The molecule has 0 aromatic rings. The first-order chi connectivity index (χ1) is 9.47. The molecule has 20 heavy (non-hydrogen) atoms. The number of carbonyl (C=O) groups is 2. The quantitative estimate of drug-likeness (QED) is 0.511. The summed E-state index contributed by atoms with van der Waals surface area (Å²) in [5.74, 6) is -0.0787. The molecule has 1 aliphatic heterocycles. The third-order valence-electron chi connectivity index (χ3n) is 3.90. The lowest BCUT2D eigenvalue weighted by molar-refractivity contribution is -0.138. The second-order valence-corrected chi connectivity index (χ2v) is 5.88. The van der Waals surface area contributed by atoms with Gasteiger partial charge in [0.2, 0.25) is 11.8 Å². The van der Waals surface area contributed by atoms with E-state index in [1.165, 1.54) is 4.90 Å². The predicted octanol–water partition coefficient (Wildman–Crippen LogP) is 1.23. The number of hydrogen-bond donors (Lipinski definition) is 1. The first-order valence-corrected chi connectivity index (χ1v) is 7.75. The molecule has 116 valence electrons. The maximum absolute atomic E-state index is 12.0. The first-order valence-electron chi connectivity index (χ1n) is 7.75. The smallest absolute Gasteiger partial charge is 0.246 e. The van der Waals surface area contributed by atoms with Crippen molar-refractivity contribution in [1.82, 2.24) is 15.1 Å². The van der Waals surface area contributed by atoms with Gasteiger partial charge in [-0.15, -0.1) is 0 Å². The van der Waals surface area contributed by atoms with Crippen LogP contribution in [0.3, 0.4) is 0 Å². The second-order valence-electron chi connectivity index (χ2n) is 5.88. The Morgan fingerprint density at radius 3 is 2.65 bits per heavy atom. The summed E-state index contributed by atoms with van der Waals surface area (Å²) in [6, 6.07) is 0.275. The molecule has 1 N–H and O–H groups in total. The van der Waals surface area contributed by atoms with Crippen LogP contribution in [0.4, 0.5) is 0 Å². The Labute approximate surface area is 122 Å². The molecule has 1 rings (SSSR count). The van der Waals surface area contributed by atoms with Crippen molar-refractivity contribution in [2.24, 2.45) is 0 Å². The van der Waals surface area contributed by atoms with Crippen LogP contribution in [0.5, 0.6) is 0 Å². The van der Waals surface area contributed by atoms with Gasteiger partial charge in [-0.2, -0.15) is 0 Å². The zero-order valence-electron chi connectivity index (χ0n) is 13.3. The van der Waals surface area contributed by atoms with Crippen molar-refractivity contribution in [3.8, 4) is 0 Å². The number of nitrogens with one attached hydrogen (secondary N) is 1. The highest BCUT2D eigenvalue weighted by Gasteiger charge is 2.37. The molecular weight excluding hydrogens is 254 g/mol. The van der Waals surface area contributed by atoms with Gasteiger partial charge < -0.3 is 10.2 Å². The molecule has 1 saturated heterocycles. The third-order valence-corrected chi connectivity index (χ3v) is 3.90. The van der Waals surface area contributed by atoms with E-state index < -0.39 is 0 Å². The highest BCUT2D eigenvalue weighted by Crippen LogP contribution is 2.13. The monoisotopic (exact) mass is 283 g/mol. The van der Waals surface area contributed by atoms with Gasteiger partial charge in [0.15, 0.2) is 0 Å². The molecular formula is C15H29N3O2. The Hall–Kier alpha value is -0.940. The van der Waals surface area contributed by atoms with Crippen molar-refractivity contribution in [3.05, 3.63) is 0 Å². The average molecular weight is 283 g/mol. The maximum Gasteiger partial charge on any atom is 0.246 e. The lowest BCUT2D eigenvalue weighted by atomic mass is 10.2. The number of likely N-dealkylation sites (tertiary alicyclic amines) is 1. The predicted molar refractivity (Wildman–Crippen MR) is 80.4 cm³/mol. The molecule has 2 amide bonds. The van der Waals surface area contributed by atoms with E-state index in [1.54, 1.807) is 0 Å². The van der Waals surface area contributed by atoms with Crippen LogP contribution in [-0.2, 0) is 9.59 Å². The molecule has 5 nitrogen and oxygen atoms in total. The van der Waals surface area contributed by atoms with E-state index in [0.717, 1.165) is 32.4 Å². The Morgan fingerprint density at radius 2 is 2.05 bits per heavy atom. The van der Waals surface area contributed by atoms with E-state index in [1.807, 2.05) is 6.92 Å². The van der Waals surface area contributed by atoms with Crippen LogP contribution in [0, 0.1) is 0 Å². The Bertz CT molecular complexity index is 331. The number of nitrogens with zero attached hydrogens (tertiary/aromatic N) is 2. The Morgan fingerprint density at radius 1 is 1.35 bits per heavy atom. The van der Waals surface area contributed by atoms with Crippen LogP contribution >= 0.6 is 0 Å². The average Bonchev–Trinajstić information content (AvgIpc) is 2.66. The van der Waals surface area contributed by atoms with Crippen molar-refractivity contribution in [3.63, 3.8) is 0 Å². The molecule has 5 heteroatoms. The van der Waals surface area contributed by atoms with Gasteiger partial charge in [0.05, 0.1) is 12.5 Å². The van der Waals surface area contributed by atoms with Crippen LogP contribution in [-0.4, -0.2) is 60.4 Å². The van der Waals surface area contributed by atoms with Crippen molar-refractivity contribution < 1.29 is 9.59 Å². The minimum atomic E-state index is -0.295. The zero-order chi connectivity index (χ0) is 15.1. The molecule has 1 fully saturated rings. The number of carbonyl (C=O) groups excluding carboxylic acids is 2. The zero-order valence-corrected chi connectivity index (χ0v) is 13.3. The van der Waals surface area contributed by atoms with Crippen molar-refractivity contribution in [1.29, 1.82) is 0 Å². The fourth-order valence-electron chi connectivity index (χ4n) is 2.32. The van der Waals surface area contributed by atoms with Gasteiger partial charge >= 0.3 is 0 Å². The minimum absolute atomic E-state index is 0.0334. The maximum atomic E-state index is 12.0. The minimum Gasteiger partial charge on any atom is -0.305 e. The number of unbranched alkanes of at least 4 members (excludes halogenated alkanes) is 1. The van der Waals surface area contributed by atoms with Crippen LogP contribution < -0.4 is 5.32 Å². The molecule has 0 aromatic heterocycles. The van der Waals surface area contributed by atoms with Crippen molar-refractivity contribution in [2.45, 2.75) is 58.5 Å². The molecule has 1 unspecified atom stereocenters. The Balaban J connectivity index is 2.20. The van der Waals surface area contributed by atoms with Gasteiger partial charge in [0.1, 0.15) is 0 Å². The number of imide groups is 1. The summed E-state index contributed by atoms with van der Waals surface area (Å²) in [5.41, 5.74) is 0. The molecule has 0 saturated carbocycles. The van der Waals surface area contributed by atoms with Crippen molar-refractivity contribution >= 4 is 11.8 Å². The molecule has 0 spiro atoms. The summed E-state index contributed by atoms with van der Waals surface area (Å²) in [6.07, 6.45) is 3.29. The molecule has 0 aliphatic carbocycles. The van der Waals surface area contributed by atoms with E-state index in [-0.39, 0.29) is 17.9 Å². The first kappa shape index (κ1) is 17.1. The van der Waals surface area contributed by atoms with Gasteiger partial charge in [0, 0.05) is 12.6 Å². The summed E-state index contributed by atoms with van der Waals surface area (Å²) >= 11 is 0. The SMILES string of the molecule is CCCN1C(=O)CC(NCCCCN(C)C(C)C)C1=O. The van der Waals surface area contributed by atoms with Gasteiger partial charge in [0.25, 0.3) is 0 Å². The largest absolute Gasteiger partial charge is 0.305 e. The van der Waals surface area contributed by atoms with E-state index in [9.17, 15) is 9.59 Å². The van der Waals surface area contributed by atoms with Crippen LogP contribution in [0.25, 0.3) is 0 Å².